The van der Waals surface area contributed by atoms with E-state index in [2.05, 4.69) is 5.32 Å². The number of benzene rings is 1. The number of fused-ring (bicyclic) bond motifs is 1. The summed E-state index contributed by atoms with van der Waals surface area (Å²) < 4.78 is 3.18. The molecular formula is C14H21ClN4O2. The molecule has 1 aromatic carbocycles. The summed E-state index contributed by atoms with van der Waals surface area (Å²) in [5.41, 5.74) is 6.87. The highest BCUT2D eigenvalue weighted by molar-refractivity contribution is 5.85. The van der Waals surface area contributed by atoms with Gasteiger partial charge in [-0.3, -0.25) is 13.9 Å². The highest BCUT2D eigenvalue weighted by Gasteiger charge is 2.13. The lowest BCUT2D eigenvalue weighted by Gasteiger charge is -2.05. The van der Waals surface area contributed by atoms with Crippen molar-refractivity contribution in [3.05, 3.63) is 34.7 Å². The van der Waals surface area contributed by atoms with Gasteiger partial charge in [-0.1, -0.05) is 12.1 Å². The van der Waals surface area contributed by atoms with Crippen LogP contribution in [-0.4, -0.2) is 28.1 Å². The van der Waals surface area contributed by atoms with Crippen molar-refractivity contribution in [1.29, 1.82) is 0 Å². The van der Waals surface area contributed by atoms with Crippen LogP contribution in [0.4, 0.5) is 0 Å². The molecule has 0 bridgehead atoms. The van der Waals surface area contributed by atoms with Gasteiger partial charge in [-0.05, 0) is 32.0 Å². The summed E-state index contributed by atoms with van der Waals surface area (Å²) >= 11 is 0. The lowest BCUT2D eigenvalue weighted by molar-refractivity contribution is -0.121. The average molecular weight is 313 g/mol. The van der Waals surface area contributed by atoms with Crippen molar-refractivity contribution in [3.8, 4) is 0 Å². The molecule has 0 unspecified atom stereocenters. The number of halogens is 1. The highest BCUT2D eigenvalue weighted by Crippen LogP contribution is 2.12. The Kier molecular flexibility index (Phi) is 6.45. The number of rotatable bonds is 6. The van der Waals surface area contributed by atoms with Crippen LogP contribution in [0.15, 0.2) is 29.1 Å². The molecule has 2 rings (SSSR count). The van der Waals surface area contributed by atoms with E-state index in [1.165, 1.54) is 4.57 Å². The minimum absolute atomic E-state index is 0. The molecule has 1 heterocycles. The van der Waals surface area contributed by atoms with E-state index < -0.39 is 0 Å². The topological polar surface area (TPSA) is 82.0 Å². The highest BCUT2D eigenvalue weighted by atomic mass is 35.5. The van der Waals surface area contributed by atoms with E-state index in [1.54, 1.807) is 4.57 Å². The number of carbonyl (C=O) groups excluding carboxylic acids is 1. The molecule has 0 aliphatic heterocycles. The number of para-hydroxylation sites is 2. The number of aromatic nitrogens is 2. The first-order valence-electron chi connectivity index (χ1n) is 6.83. The van der Waals surface area contributed by atoms with Gasteiger partial charge >= 0.3 is 5.69 Å². The fourth-order valence-electron chi connectivity index (χ4n) is 2.26. The Morgan fingerprint density at radius 2 is 1.86 bits per heavy atom. The second-order valence-corrected chi connectivity index (χ2v) is 4.59. The van der Waals surface area contributed by atoms with Gasteiger partial charge in [0, 0.05) is 13.1 Å². The zero-order chi connectivity index (χ0) is 14.5. The molecule has 0 fully saturated rings. The van der Waals surface area contributed by atoms with Crippen molar-refractivity contribution in [1.82, 2.24) is 14.5 Å². The molecule has 116 valence electrons. The van der Waals surface area contributed by atoms with E-state index in [0.29, 0.717) is 19.6 Å². The molecule has 0 atom stereocenters. The first-order valence-corrected chi connectivity index (χ1v) is 6.83. The predicted octanol–water partition coefficient (Wildman–Crippen LogP) is 0.710. The quantitative estimate of drug-likeness (QED) is 0.771. The number of hydrogen-bond acceptors (Lipinski definition) is 3. The van der Waals surface area contributed by atoms with Crippen molar-refractivity contribution < 1.29 is 4.79 Å². The second kappa shape index (κ2) is 7.85. The van der Waals surface area contributed by atoms with Gasteiger partial charge in [0.2, 0.25) is 5.91 Å². The summed E-state index contributed by atoms with van der Waals surface area (Å²) in [6, 6.07) is 7.50. The van der Waals surface area contributed by atoms with Crippen molar-refractivity contribution in [2.45, 2.75) is 26.4 Å². The summed E-state index contributed by atoms with van der Waals surface area (Å²) in [4.78, 5) is 24.2. The van der Waals surface area contributed by atoms with Gasteiger partial charge < -0.3 is 11.1 Å². The number of imidazole rings is 1. The third-order valence-corrected chi connectivity index (χ3v) is 3.25. The van der Waals surface area contributed by atoms with Crippen molar-refractivity contribution in [2.75, 3.05) is 13.1 Å². The molecule has 3 N–H and O–H groups in total. The minimum atomic E-state index is -0.167. The van der Waals surface area contributed by atoms with Gasteiger partial charge in [0.05, 0.1) is 11.0 Å². The fraction of sp³-hybridized carbons (Fsp3) is 0.429. The molecule has 0 aliphatic rings. The minimum Gasteiger partial charge on any atom is -0.354 e. The maximum Gasteiger partial charge on any atom is 0.329 e. The summed E-state index contributed by atoms with van der Waals surface area (Å²) in [6.45, 7) is 3.61. The van der Waals surface area contributed by atoms with Crippen LogP contribution in [0.3, 0.4) is 0 Å². The van der Waals surface area contributed by atoms with Crippen molar-refractivity contribution >= 4 is 29.3 Å². The molecule has 0 saturated heterocycles. The van der Waals surface area contributed by atoms with Gasteiger partial charge in [-0.15, -0.1) is 12.4 Å². The normalized spacial score (nSPS) is 10.4. The Balaban J connectivity index is 0.00000220. The fourth-order valence-corrected chi connectivity index (χ4v) is 2.26. The van der Waals surface area contributed by atoms with Crippen LogP contribution < -0.4 is 16.7 Å². The van der Waals surface area contributed by atoms with E-state index >= 15 is 0 Å². The monoisotopic (exact) mass is 312 g/mol. The second-order valence-electron chi connectivity index (χ2n) is 4.59. The first-order chi connectivity index (χ1) is 9.69. The molecule has 0 spiro atoms. The van der Waals surface area contributed by atoms with Crippen LogP contribution in [-0.2, 0) is 17.9 Å². The predicted molar refractivity (Wildman–Crippen MR) is 85.8 cm³/mol. The summed E-state index contributed by atoms with van der Waals surface area (Å²) in [5.74, 6) is -0.167. The molecule has 1 amide bonds. The van der Waals surface area contributed by atoms with E-state index in [0.717, 1.165) is 17.5 Å². The Morgan fingerprint density at radius 1 is 1.24 bits per heavy atom. The van der Waals surface area contributed by atoms with Crippen LogP contribution in [0.2, 0.25) is 0 Å². The Morgan fingerprint density at radius 3 is 2.43 bits per heavy atom. The number of amides is 1. The van der Waals surface area contributed by atoms with Crippen LogP contribution in [0.5, 0.6) is 0 Å². The van der Waals surface area contributed by atoms with Gasteiger partial charge in [-0.25, -0.2) is 4.79 Å². The number of nitrogens with one attached hydrogen (secondary N) is 1. The molecule has 2 aromatic rings. The molecule has 0 saturated carbocycles. The first kappa shape index (κ1) is 17.3. The van der Waals surface area contributed by atoms with Crippen LogP contribution >= 0.6 is 12.4 Å². The molecule has 7 heteroatoms. The van der Waals surface area contributed by atoms with Crippen LogP contribution in [0.25, 0.3) is 11.0 Å². The summed E-state index contributed by atoms with van der Waals surface area (Å²) in [6.07, 6.45) is 0.733. The third-order valence-electron chi connectivity index (χ3n) is 3.25. The van der Waals surface area contributed by atoms with E-state index in [1.807, 2.05) is 31.2 Å². The van der Waals surface area contributed by atoms with E-state index in [4.69, 9.17) is 5.73 Å². The SMILES string of the molecule is CCn1c(=O)n(CC(=O)NCCCN)c2ccccc21.Cl. The summed E-state index contributed by atoms with van der Waals surface area (Å²) in [7, 11) is 0. The number of hydrogen-bond donors (Lipinski definition) is 2. The molecule has 0 aliphatic carbocycles. The lowest BCUT2D eigenvalue weighted by Crippen LogP contribution is -2.34. The van der Waals surface area contributed by atoms with E-state index in [-0.39, 0.29) is 30.5 Å². The number of aryl methyl sites for hydroxylation is 1. The number of nitrogens with two attached hydrogens (primary N) is 1. The zero-order valence-corrected chi connectivity index (χ0v) is 12.9. The molecule has 21 heavy (non-hydrogen) atoms. The van der Waals surface area contributed by atoms with Crippen molar-refractivity contribution in [3.63, 3.8) is 0 Å². The molecular weight excluding hydrogens is 292 g/mol. The Labute approximate surface area is 129 Å². The largest absolute Gasteiger partial charge is 0.354 e. The standard InChI is InChI=1S/C14H20N4O2.ClH/c1-2-17-11-6-3-4-7-12(11)18(14(17)20)10-13(19)16-9-5-8-15;/h3-4,6-7H,2,5,8-10,15H2,1H3,(H,16,19);1H. The third kappa shape index (κ3) is 3.65. The van der Waals surface area contributed by atoms with Gasteiger partial charge in [0.1, 0.15) is 6.54 Å². The maximum absolute atomic E-state index is 12.3. The van der Waals surface area contributed by atoms with Crippen LogP contribution in [0.1, 0.15) is 13.3 Å². The summed E-state index contributed by atoms with van der Waals surface area (Å²) in [5, 5.41) is 2.76. The van der Waals surface area contributed by atoms with E-state index in [9.17, 15) is 9.59 Å². The Hall–Kier alpha value is -1.79. The lowest BCUT2D eigenvalue weighted by atomic mass is 10.3. The molecule has 1 aromatic heterocycles. The zero-order valence-electron chi connectivity index (χ0n) is 12.0. The Bertz CT molecular complexity index is 663. The number of carbonyl (C=O) groups is 1. The van der Waals surface area contributed by atoms with Gasteiger partial charge in [0.15, 0.2) is 0 Å². The number of nitrogens with zero attached hydrogens (tertiary/aromatic N) is 2. The molecule has 0 radical (unpaired) electrons. The molecule has 6 nitrogen and oxygen atoms in total. The van der Waals surface area contributed by atoms with Gasteiger partial charge in [0.25, 0.3) is 0 Å². The maximum atomic E-state index is 12.3. The van der Waals surface area contributed by atoms with Gasteiger partial charge in [-0.2, -0.15) is 0 Å². The van der Waals surface area contributed by atoms with Crippen LogP contribution in [0, 0.1) is 0 Å². The van der Waals surface area contributed by atoms with Crippen molar-refractivity contribution in [2.24, 2.45) is 5.73 Å². The average Bonchev–Trinajstić information content (AvgIpc) is 2.72. The smallest absolute Gasteiger partial charge is 0.329 e.